The molecule has 0 spiro atoms. The van der Waals surface area contributed by atoms with Gasteiger partial charge < -0.3 is 19.5 Å². The van der Waals surface area contributed by atoms with E-state index in [1.54, 1.807) is 21.3 Å². The van der Waals surface area contributed by atoms with Crippen molar-refractivity contribution >= 4 is 0 Å². The minimum absolute atomic E-state index is 0.645. The molecule has 1 N–H and O–H groups in total. The summed E-state index contributed by atoms with van der Waals surface area (Å²) in [5.41, 5.74) is 1.15. The Hall–Kier alpha value is -1.68. The monoisotopic (exact) mass is 303 g/mol. The first-order valence-electron chi connectivity index (χ1n) is 7.93. The molecule has 0 aliphatic heterocycles. The van der Waals surface area contributed by atoms with Gasteiger partial charge in [-0.05, 0) is 54.8 Å². The molecule has 2 aliphatic rings. The third-order valence-corrected chi connectivity index (χ3v) is 4.88. The molecule has 1 aromatic carbocycles. The summed E-state index contributed by atoms with van der Waals surface area (Å²) in [7, 11) is 4.92. The SMILES string of the molecule is COc1cc(CNCC2CC3C=CC2C3)cc(OC)c1OC. The van der Waals surface area contributed by atoms with Crippen molar-refractivity contribution in [1.29, 1.82) is 0 Å². The van der Waals surface area contributed by atoms with E-state index in [-0.39, 0.29) is 0 Å². The van der Waals surface area contributed by atoms with Gasteiger partial charge in [0, 0.05) is 6.54 Å². The van der Waals surface area contributed by atoms with Gasteiger partial charge in [0.1, 0.15) is 0 Å². The molecule has 1 saturated carbocycles. The maximum absolute atomic E-state index is 5.40. The maximum atomic E-state index is 5.40. The summed E-state index contributed by atoms with van der Waals surface area (Å²) < 4.78 is 16.1. The predicted octanol–water partition coefficient (Wildman–Crippen LogP) is 3.01. The lowest BCUT2D eigenvalue weighted by molar-refractivity contribution is 0.323. The summed E-state index contributed by atoms with van der Waals surface area (Å²) in [4.78, 5) is 0. The molecule has 3 atom stereocenters. The highest BCUT2D eigenvalue weighted by molar-refractivity contribution is 5.53. The van der Waals surface area contributed by atoms with Crippen LogP contribution in [0, 0.1) is 17.8 Å². The number of nitrogens with one attached hydrogen (secondary N) is 1. The molecule has 2 bridgehead atoms. The second-order valence-corrected chi connectivity index (χ2v) is 6.20. The number of hydrogen-bond acceptors (Lipinski definition) is 4. The second kappa shape index (κ2) is 6.61. The summed E-state index contributed by atoms with van der Waals surface area (Å²) in [6, 6.07) is 4.02. The largest absolute Gasteiger partial charge is 0.493 e. The minimum atomic E-state index is 0.645. The Balaban J connectivity index is 1.61. The topological polar surface area (TPSA) is 39.7 Å². The Bertz CT molecular complexity index is 530. The standard InChI is InChI=1S/C18H25NO3/c1-20-16-8-13(9-17(21-2)18(16)22-3)10-19-11-15-7-12-4-5-14(15)6-12/h4-5,8-9,12,14-15,19H,6-7,10-11H2,1-3H3. The summed E-state index contributed by atoms with van der Waals surface area (Å²) in [5, 5.41) is 3.58. The average molecular weight is 303 g/mol. The second-order valence-electron chi connectivity index (χ2n) is 6.20. The lowest BCUT2D eigenvalue weighted by atomic mass is 9.93. The zero-order valence-electron chi connectivity index (χ0n) is 13.6. The zero-order chi connectivity index (χ0) is 15.5. The molecule has 22 heavy (non-hydrogen) atoms. The Morgan fingerprint density at radius 3 is 2.23 bits per heavy atom. The molecule has 1 aromatic rings. The number of methoxy groups -OCH3 is 3. The third kappa shape index (κ3) is 2.93. The van der Waals surface area contributed by atoms with E-state index in [0.29, 0.717) is 17.2 Å². The van der Waals surface area contributed by atoms with Crippen LogP contribution in [0.5, 0.6) is 17.2 Å². The molecule has 2 aliphatic carbocycles. The van der Waals surface area contributed by atoms with Crippen molar-refractivity contribution in [2.24, 2.45) is 17.8 Å². The number of allylic oxidation sites excluding steroid dienone is 2. The van der Waals surface area contributed by atoms with Crippen LogP contribution in [0.1, 0.15) is 18.4 Å². The fraction of sp³-hybridized carbons (Fsp3) is 0.556. The molecular weight excluding hydrogens is 278 g/mol. The fourth-order valence-corrected chi connectivity index (χ4v) is 3.77. The summed E-state index contributed by atoms with van der Waals surface area (Å²) >= 11 is 0. The quantitative estimate of drug-likeness (QED) is 0.786. The molecule has 0 radical (unpaired) electrons. The van der Waals surface area contributed by atoms with Crippen LogP contribution in [0.3, 0.4) is 0 Å². The van der Waals surface area contributed by atoms with Gasteiger partial charge in [0.15, 0.2) is 11.5 Å². The van der Waals surface area contributed by atoms with E-state index in [4.69, 9.17) is 14.2 Å². The lowest BCUT2D eigenvalue weighted by Crippen LogP contribution is -2.25. The van der Waals surface area contributed by atoms with Gasteiger partial charge in [-0.25, -0.2) is 0 Å². The van der Waals surface area contributed by atoms with E-state index in [0.717, 1.165) is 36.4 Å². The molecule has 4 heteroatoms. The Labute approximate surface area is 132 Å². The number of benzene rings is 1. The van der Waals surface area contributed by atoms with Gasteiger partial charge in [0.2, 0.25) is 5.75 Å². The van der Waals surface area contributed by atoms with E-state index >= 15 is 0 Å². The smallest absolute Gasteiger partial charge is 0.203 e. The molecule has 1 fully saturated rings. The van der Waals surface area contributed by atoms with Crippen LogP contribution in [-0.2, 0) is 6.54 Å². The Morgan fingerprint density at radius 2 is 1.73 bits per heavy atom. The van der Waals surface area contributed by atoms with Crippen LogP contribution >= 0.6 is 0 Å². The number of ether oxygens (including phenoxy) is 3. The summed E-state index contributed by atoms with van der Waals surface area (Å²) in [6.45, 7) is 1.89. The number of fused-ring (bicyclic) bond motifs is 2. The third-order valence-electron chi connectivity index (χ3n) is 4.88. The van der Waals surface area contributed by atoms with Gasteiger partial charge in [-0.15, -0.1) is 0 Å². The van der Waals surface area contributed by atoms with Crippen molar-refractivity contribution in [2.45, 2.75) is 19.4 Å². The number of rotatable bonds is 7. The maximum Gasteiger partial charge on any atom is 0.203 e. The van der Waals surface area contributed by atoms with Gasteiger partial charge in [-0.3, -0.25) is 0 Å². The Kier molecular flexibility index (Phi) is 4.57. The van der Waals surface area contributed by atoms with E-state index in [9.17, 15) is 0 Å². The van der Waals surface area contributed by atoms with E-state index < -0.39 is 0 Å². The minimum Gasteiger partial charge on any atom is -0.493 e. The highest BCUT2D eigenvalue weighted by atomic mass is 16.5. The first kappa shape index (κ1) is 15.2. The van der Waals surface area contributed by atoms with Crippen molar-refractivity contribution in [3.63, 3.8) is 0 Å². The molecule has 0 saturated heterocycles. The normalized spacial score (nSPS) is 25.5. The summed E-state index contributed by atoms with van der Waals surface area (Å²) in [6.07, 6.45) is 7.49. The van der Waals surface area contributed by atoms with Gasteiger partial charge in [0.25, 0.3) is 0 Å². The molecule has 3 rings (SSSR count). The van der Waals surface area contributed by atoms with Crippen molar-refractivity contribution in [2.75, 3.05) is 27.9 Å². The first-order chi connectivity index (χ1) is 10.7. The van der Waals surface area contributed by atoms with Crippen molar-refractivity contribution in [1.82, 2.24) is 5.32 Å². The molecule has 4 nitrogen and oxygen atoms in total. The molecule has 120 valence electrons. The number of hydrogen-bond donors (Lipinski definition) is 1. The highest BCUT2D eigenvalue weighted by Gasteiger charge is 2.34. The van der Waals surface area contributed by atoms with E-state index in [2.05, 4.69) is 17.5 Å². The molecule has 3 unspecified atom stereocenters. The van der Waals surface area contributed by atoms with Crippen LogP contribution in [-0.4, -0.2) is 27.9 Å². The van der Waals surface area contributed by atoms with Crippen LogP contribution < -0.4 is 19.5 Å². The van der Waals surface area contributed by atoms with E-state index in [1.807, 2.05) is 12.1 Å². The van der Waals surface area contributed by atoms with Gasteiger partial charge >= 0.3 is 0 Å². The van der Waals surface area contributed by atoms with Crippen molar-refractivity contribution in [3.8, 4) is 17.2 Å². The zero-order valence-corrected chi connectivity index (χ0v) is 13.6. The van der Waals surface area contributed by atoms with Crippen LogP contribution in [0.15, 0.2) is 24.3 Å². The molecular formula is C18H25NO3. The first-order valence-corrected chi connectivity index (χ1v) is 7.93. The van der Waals surface area contributed by atoms with Crippen LogP contribution in [0.2, 0.25) is 0 Å². The van der Waals surface area contributed by atoms with E-state index in [1.165, 1.54) is 12.8 Å². The summed E-state index contributed by atoms with van der Waals surface area (Å²) in [5.74, 6) is 4.47. The van der Waals surface area contributed by atoms with Gasteiger partial charge in [-0.1, -0.05) is 12.2 Å². The fourth-order valence-electron chi connectivity index (χ4n) is 3.77. The van der Waals surface area contributed by atoms with Crippen molar-refractivity contribution in [3.05, 3.63) is 29.8 Å². The highest BCUT2D eigenvalue weighted by Crippen LogP contribution is 2.43. The van der Waals surface area contributed by atoms with Gasteiger partial charge in [0.05, 0.1) is 21.3 Å². The van der Waals surface area contributed by atoms with Crippen molar-refractivity contribution < 1.29 is 14.2 Å². The Morgan fingerprint density at radius 1 is 1.00 bits per heavy atom. The molecule has 0 aromatic heterocycles. The lowest BCUT2D eigenvalue weighted by Gasteiger charge is -2.19. The van der Waals surface area contributed by atoms with Gasteiger partial charge in [-0.2, -0.15) is 0 Å². The molecule has 0 heterocycles. The molecule has 0 amide bonds. The van der Waals surface area contributed by atoms with Crippen LogP contribution in [0.25, 0.3) is 0 Å². The predicted molar refractivity (Wildman–Crippen MR) is 86.6 cm³/mol. The average Bonchev–Trinajstić information content (AvgIpc) is 3.16. The van der Waals surface area contributed by atoms with Crippen LogP contribution in [0.4, 0.5) is 0 Å².